The van der Waals surface area contributed by atoms with Gasteiger partial charge in [0.05, 0.1) is 0 Å². The average molecular weight is 669 g/mol. The van der Waals surface area contributed by atoms with E-state index in [1.54, 1.807) is 6.08 Å². The Kier molecular flexibility index (Phi) is 10.7. The largest absolute Gasteiger partial charge is 0.456 e. The molecule has 262 valence electrons. The standard InChI is InChI=1S/C47H56O3/c1-15-17-21-30(16-2)40(32-26-34(44(3,4)5)42(48)35(27-32)45(6,7)8)38-24-25-39(50-38)41(31-22-19-18-20-23-31)33-28-36(46(9,10)11)43(49)37(29-33)47(12,13)14/h15-29H,1H2,2-14H3/b21-17-,30-16+. The fourth-order valence-corrected chi connectivity index (χ4v) is 6.38. The van der Waals surface area contributed by atoms with Crippen LogP contribution in [0.3, 0.4) is 0 Å². The smallest absolute Gasteiger partial charge is 0.186 e. The summed E-state index contributed by atoms with van der Waals surface area (Å²) in [6, 6.07) is 14.3. The van der Waals surface area contributed by atoms with Crippen molar-refractivity contribution in [1.82, 2.24) is 0 Å². The predicted molar refractivity (Wildman–Crippen MR) is 211 cm³/mol. The van der Waals surface area contributed by atoms with Crippen molar-refractivity contribution in [2.75, 3.05) is 0 Å². The first-order valence-corrected chi connectivity index (χ1v) is 17.7. The summed E-state index contributed by atoms with van der Waals surface area (Å²) in [7, 11) is 0. The Morgan fingerprint density at radius 1 is 0.600 bits per heavy atom. The molecule has 3 nitrogen and oxygen atoms in total. The molecule has 1 heterocycles. The molecule has 1 aromatic carbocycles. The number of furan rings is 1. The van der Waals surface area contributed by atoms with Gasteiger partial charge in [0.1, 0.15) is 11.5 Å². The molecule has 0 unspecified atom stereocenters. The molecule has 0 radical (unpaired) electrons. The van der Waals surface area contributed by atoms with Gasteiger partial charge in [-0.15, -0.1) is 0 Å². The number of hydrogen-bond acceptors (Lipinski definition) is 3. The highest BCUT2D eigenvalue weighted by Gasteiger charge is 2.37. The second kappa shape index (κ2) is 14.0. The first-order valence-electron chi connectivity index (χ1n) is 17.7. The van der Waals surface area contributed by atoms with Crippen molar-refractivity contribution in [2.24, 2.45) is 21.7 Å². The Balaban J connectivity index is 2.14. The fraction of sp³-hybridized carbons (Fsp3) is 0.362. The van der Waals surface area contributed by atoms with Gasteiger partial charge in [0.15, 0.2) is 11.6 Å². The quantitative estimate of drug-likeness (QED) is 0.288. The van der Waals surface area contributed by atoms with Gasteiger partial charge in [0, 0.05) is 33.4 Å². The van der Waals surface area contributed by atoms with E-state index in [1.807, 2.05) is 61.6 Å². The molecule has 0 aliphatic heterocycles. The second-order valence-electron chi connectivity index (χ2n) is 17.4. The molecule has 0 bridgehead atoms. The van der Waals surface area contributed by atoms with Gasteiger partial charge in [0.25, 0.3) is 0 Å². The molecule has 0 atom stereocenters. The van der Waals surface area contributed by atoms with Crippen molar-refractivity contribution in [1.29, 1.82) is 0 Å². The molecule has 50 heavy (non-hydrogen) atoms. The van der Waals surface area contributed by atoms with E-state index in [0.717, 1.165) is 55.7 Å². The normalized spacial score (nSPS) is 16.7. The van der Waals surface area contributed by atoms with Gasteiger partial charge < -0.3 is 4.42 Å². The van der Waals surface area contributed by atoms with E-state index in [2.05, 4.69) is 120 Å². The highest BCUT2D eigenvalue weighted by Crippen LogP contribution is 2.45. The summed E-state index contributed by atoms with van der Waals surface area (Å²) < 4.78 is 6.97. The van der Waals surface area contributed by atoms with Gasteiger partial charge in [-0.3, -0.25) is 9.59 Å². The summed E-state index contributed by atoms with van der Waals surface area (Å²) in [4.78, 5) is 27.8. The van der Waals surface area contributed by atoms with Crippen LogP contribution in [-0.4, -0.2) is 11.6 Å². The Morgan fingerprint density at radius 3 is 1.42 bits per heavy atom. The molecule has 0 fully saturated rings. The third-order valence-corrected chi connectivity index (χ3v) is 9.16. The van der Waals surface area contributed by atoms with Crippen LogP contribution >= 0.6 is 0 Å². The topological polar surface area (TPSA) is 47.3 Å². The Morgan fingerprint density at radius 2 is 1.02 bits per heavy atom. The van der Waals surface area contributed by atoms with Crippen molar-refractivity contribution < 1.29 is 14.0 Å². The van der Waals surface area contributed by atoms with Crippen LogP contribution in [0.5, 0.6) is 0 Å². The van der Waals surface area contributed by atoms with Crippen LogP contribution < -0.4 is 0 Å². The molecule has 0 saturated heterocycles. The zero-order valence-corrected chi connectivity index (χ0v) is 32.6. The van der Waals surface area contributed by atoms with Gasteiger partial charge in [0.2, 0.25) is 0 Å². The summed E-state index contributed by atoms with van der Waals surface area (Å²) in [5.74, 6) is 1.55. The Hall–Kier alpha value is -4.50. The lowest BCUT2D eigenvalue weighted by Gasteiger charge is -2.32. The molecule has 0 amide bonds. The van der Waals surface area contributed by atoms with Crippen LogP contribution in [0.25, 0.3) is 11.1 Å². The number of Topliss-reactive ketones (excluding diaryl/α,β-unsaturated/α-hetero) is 2. The number of carbonyl (C=O) groups excluding carboxylic acids is 2. The first kappa shape index (κ1) is 38.3. The van der Waals surface area contributed by atoms with Crippen molar-refractivity contribution in [3.63, 3.8) is 0 Å². The van der Waals surface area contributed by atoms with Gasteiger partial charge >= 0.3 is 0 Å². The van der Waals surface area contributed by atoms with Crippen LogP contribution in [0, 0.1) is 21.7 Å². The van der Waals surface area contributed by atoms with Crippen LogP contribution in [-0.2, 0) is 9.59 Å². The molecule has 2 aliphatic rings. The number of rotatable bonds is 6. The summed E-state index contributed by atoms with van der Waals surface area (Å²) in [5.41, 5.74) is 7.26. The first-order chi connectivity index (χ1) is 23.1. The minimum absolute atomic E-state index is 0.0858. The molecule has 0 spiro atoms. The van der Waals surface area contributed by atoms with E-state index in [9.17, 15) is 9.59 Å². The highest BCUT2D eigenvalue weighted by atomic mass is 16.3. The van der Waals surface area contributed by atoms with E-state index in [-0.39, 0.29) is 33.2 Å². The van der Waals surface area contributed by atoms with Gasteiger partial charge in [-0.25, -0.2) is 0 Å². The maximum absolute atomic E-state index is 13.9. The summed E-state index contributed by atoms with van der Waals surface area (Å²) in [6.45, 7) is 31.0. The van der Waals surface area contributed by atoms with Crippen molar-refractivity contribution in [3.8, 4) is 0 Å². The minimum Gasteiger partial charge on any atom is -0.456 e. The zero-order valence-electron chi connectivity index (χ0n) is 32.6. The lowest BCUT2D eigenvalue weighted by atomic mass is 9.71. The maximum Gasteiger partial charge on any atom is 0.186 e. The lowest BCUT2D eigenvalue weighted by molar-refractivity contribution is -0.114. The Labute approximate surface area is 301 Å². The molecule has 2 aliphatic carbocycles. The molecule has 2 aromatic rings. The van der Waals surface area contributed by atoms with Gasteiger partial charge in [-0.2, -0.15) is 0 Å². The van der Waals surface area contributed by atoms with E-state index in [1.165, 1.54) is 0 Å². The van der Waals surface area contributed by atoms with E-state index in [4.69, 9.17) is 4.42 Å². The fourth-order valence-electron chi connectivity index (χ4n) is 6.38. The van der Waals surface area contributed by atoms with Crippen molar-refractivity contribution in [2.45, 2.75) is 90.0 Å². The number of benzene rings is 1. The summed E-state index contributed by atoms with van der Waals surface area (Å²) >= 11 is 0. The Bertz CT molecular complexity index is 1870. The van der Waals surface area contributed by atoms with E-state index >= 15 is 0 Å². The third-order valence-electron chi connectivity index (χ3n) is 9.16. The van der Waals surface area contributed by atoms with Gasteiger partial charge in [-0.05, 0) is 87.3 Å². The molecule has 0 saturated carbocycles. The average Bonchev–Trinajstić information content (AvgIpc) is 3.47. The minimum atomic E-state index is -0.364. The van der Waals surface area contributed by atoms with Crippen LogP contribution in [0.1, 0.15) is 107 Å². The lowest BCUT2D eigenvalue weighted by Crippen LogP contribution is -2.28. The number of allylic oxidation sites excluding steroid dienone is 16. The SMILES string of the molecule is C=C/C=C\C(=C/C)C(=C1C=C(C(C)(C)C)C(=O)C(C(C)(C)C)=C1)c1ccc(C(=C2C=C(C(C)(C)C)C(=O)C(C(C)(C)C)=C2)c2ccccc2)o1. The molecule has 4 rings (SSSR count). The molecule has 3 heteroatoms. The van der Waals surface area contributed by atoms with E-state index in [0.29, 0.717) is 11.5 Å². The molecular formula is C47H56O3. The molecule has 1 aromatic heterocycles. The number of hydrogen-bond donors (Lipinski definition) is 0. The van der Waals surface area contributed by atoms with Crippen LogP contribution in [0.4, 0.5) is 0 Å². The number of ketones is 2. The maximum atomic E-state index is 13.9. The zero-order chi connectivity index (χ0) is 37.4. The summed E-state index contributed by atoms with van der Waals surface area (Å²) in [5, 5.41) is 0. The monoisotopic (exact) mass is 668 g/mol. The van der Waals surface area contributed by atoms with Gasteiger partial charge in [-0.1, -0.05) is 144 Å². The molecular weight excluding hydrogens is 613 g/mol. The predicted octanol–water partition coefficient (Wildman–Crippen LogP) is 12.6. The second-order valence-corrected chi connectivity index (χ2v) is 17.4. The van der Waals surface area contributed by atoms with Crippen molar-refractivity contribution in [3.05, 3.63) is 154 Å². The van der Waals surface area contributed by atoms with Crippen LogP contribution in [0.2, 0.25) is 0 Å². The van der Waals surface area contributed by atoms with E-state index < -0.39 is 0 Å². The van der Waals surface area contributed by atoms with Crippen molar-refractivity contribution >= 4 is 22.7 Å². The third kappa shape index (κ3) is 8.10. The highest BCUT2D eigenvalue weighted by molar-refractivity contribution is 6.13. The van der Waals surface area contributed by atoms with Crippen LogP contribution in [0.15, 0.2) is 141 Å². The number of carbonyl (C=O) groups is 2. The summed E-state index contributed by atoms with van der Waals surface area (Å²) in [6.07, 6.45) is 16.0. The molecule has 0 N–H and O–H groups in total.